The number of aromatic nitrogens is 4. The van der Waals surface area contributed by atoms with Gasteiger partial charge in [0, 0.05) is 31.2 Å². The van der Waals surface area contributed by atoms with Gasteiger partial charge in [0.05, 0.1) is 33.7 Å². The molecule has 0 saturated carbocycles. The number of imidazole rings is 1. The number of hydrogen-bond donors (Lipinski definition) is 0. The maximum atomic E-state index is 13.1. The normalized spacial score (nSPS) is 12.9. The van der Waals surface area contributed by atoms with Gasteiger partial charge < -0.3 is 4.57 Å². The minimum Gasteiger partial charge on any atom is -0.326 e. The first kappa shape index (κ1) is 22.7. The third-order valence-electron chi connectivity index (χ3n) is 4.46. The molecule has 0 aliphatic rings. The van der Waals surface area contributed by atoms with Gasteiger partial charge in [-0.05, 0) is 12.1 Å². The van der Waals surface area contributed by atoms with Crippen molar-refractivity contribution in [3.63, 3.8) is 0 Å². The summed E-state index contributed by atoms with van der Waals surface area (Å²) < 4.78 is 104. The largest absolute Gasteiger partial charge is 0.417 e. The van der Waals surface area contributed by atoms with Crippen LogP contribution in [-0.4, -0.2) is 33.7 Å². The summed E-state index contributed by atoms with van der Waals surface area (Å²) in [4.78, 5) is 10.6. The SMILES string of the molecule is CCS(=O)(=O)c1cc(C(F)(F)F)cnc1-c1ncc(-c2cncc(C(F)(F)F)c2)n1C. The van der Waals surface area contributed by atoms with Crippen LogP contribution in [0.15, 0.2) is 41.8 Å². The quantitative estimate of drug-likeness (QED) is 0.536. The molecule has 0 radical (unpaired) electrons. The summed E-state index contributed by atoms with van der Waals surface area (Å²) in [5.74, 6) is -0.620. The zero-order chi connectivity index (χ0) is 23.2. The number of nitrogens with zero attached hydrogens (tertiary/aromatic N) is 4. The number of sulfone groups is 1. The molecule has 3 aromatic rings. The Balaban J connectivity index is 2.19. The van der Waals surface area contributed by atoms with E-state index < -0.39 is 44.0 Å². The lowest BCUT2D eigenvalue weighted by Crippen LogP contribution is -2.13. The van der Waals surface area contributed by atoms with E-state index in [2.05, 4.69) is 15.0 Å². The molecule has 31 heavy (non-hydrogen) atoms. The molecule has 166 valence electrons. The molecule has 0 spiro atoms. The first-order valence-corrected chi connectivity index (χ1v) is 10.3. The lowest BCUT2D eigenvalue weighted by atomic mass is 10.1. The van der Waals surface area contributed by atoms with Crippen molar-refractivity contribution in [1.29, 1.82) is 0 Å². The zero-order valence-electron chi connectivity index (χ0n) is 16.0. The van der Waals surface area contributed by atoms with Crippen LogP contribution < -0.4 is 0 Å². The number of pyridine rings is 2. The molecule has 0 unspecified atom stereocenters. The van der Waals surface area contributed by atoms with Gasteiger partial charge in [-0.15, -0.1) is 0 Å². The summed E-state index contributed by atoms with van der Waals surface area (Å²) in [7, 11) is -2.76. The second kappa shape index (κ2) is 7.62. The van der Waals surface area contributed by atoms with Crippen LogP contribution in [0, 0.1) is 0 Å². The second-order valence-electron chi connectivity index (χ2n) is 6.46. The maximum absolute atomic E-state index is 13.1. The highest BCUT2D eigenvalue weighted by Gasteiger charge is 2.35. The van der Waals surface area contributed by atoms with Crippen molar-refractivity contribution < 1.29 is 34.8 Å². The average Bonchev–Trinajstić information content (AvgIpc) is 3.07. The predicted molar refractivity (Wildman–Crippen MR) is 97.4 cm³/mol. The van der Waals surface area contributed by atoms with Crippen LogP contribution in [0.5, 0.6) is 0 Å². The van der Waals surface area contributed by atoms with Crippen molar-refractivity contribution in [3.8, 4) is 22.8 Å². The van der Waals surface area contributed by atoms with Gasteiger partial charge in [-0.25, -0.2) is 13.4 Å². The standard InChI is InChI=1S/C18H14F6N4O2S/c1-3-31(29,30)14-5-12(18(22,23)24)8-26-15(14)16-27-9-13(28(16)2)10-4-11(7-25-6-10)17(19,20)21/h4-9H,3H2,1-2H3. The van der Waals surface area contributed by atoms with Crippen molar-refractivity contribution in [2.24, 2.45) is 7.05 Å². The number of halogens is 6. The smallest absolute Gasteiger partial charge is 0.326 e. The Morgan fingerprint density at radius 1 is 0.903 bits per heavy atom. The highest BCUT2D eigenvalue weighted by atomic mass is 32.2. The molecule has 6 nitrogen and oxygen atoms in total. The third-order valence-corrected chi connectivity index (χ3v) is 6.20. The summed E-state index contributed by atoms with van der Waals surface area (Å²) in [6.45, 7) is 1.26. The van der Waals surface area contributed by atoms with E-state index in [9.17, 15) is 34.8 Å². The molecular formula is C18H14F6N4O2S. The molecule has 0 N–H and O–H groups in total. The monoisotopic (exact) mass is 464 g/mol. The predicted octanol–water partition coefficient (Wildman–Crippen LogP) is 4.38. The van der Waals surface area contributed by atoms with Gasteiger partial charge in [0.2, 0.25) is 0 Å². The first-order valence-electron chi connectivity index (χ1n) is 8.60. The Hall–Kier alpha value is -2.96. The molecule has 3 heterocycles. The molecule has 0 aliphatic heterocycles. The second-order valence-corrected chi connectivity index (χ2v) is 8.70. The maximum Gasteiger partial charge on any atom is 0.417 e. The van der Waals surface area contributed by atoms with Crippen LogP contribution in [0.2, 0.25) is 0 Å². The van der Waals surface area contributed by atoms with Gasteiger partial charge in [0.25, 0.3) is 0 Å². The highest BCUT2D eigenvalue weighted by molar-refractivity contribution is 7.91. The summed E-state index contributed by atoms with van der Waals surface area (Å²) in [5, 5.41) is 0. The lowest BCUT2D eigenvalue weighted by Gasteiger charge is -2.13. The average molecular weight is 464 g/mol. The Labute approximate surface area is 172 Å². The topological polar surface area (TPSA) is 77.7 Å². The van der Waals surface area contributed by atoms with Crippen LogP contribution in [-0.2, 0) is 29.2 Å². The van der Waals surface area contributed by atoms with Gasteiger partial charge in [-0.3, -0.25) is 9.97 Å². The summed E-state index contributed by atoms with van der Waals surface area (Å²) in [6, 6.07) is 1.30. The van der Waals surface area contributed by atoms with E-state index in [-0.39, 0.29) is 22.8 Å². The number of hydrogen-bond acceptors (Lipinski definition) is 5. The molecule has 13 heteroatoms. The summed E-state index contributed by atoms with van der Waals surface area (Å²) in [6.07, 6.45) is -6.02. The van der Waals surface area contributed by atoms with Crippen molar-refractivity contribution >= 4 is 9.84 Å². The Morgan fingerprint density at radius 3 is 2.10 bits per heavy atom. The van der Waals surface area contributed by atoms with Crippen LogP contribution >= 0.6 is 0 Å². The van der Waals surface area contributed by atoms with Crippen molar-refractivity contribution in [2.75, 3.05) is 5.75 Å². The number of alkyl halides is 6. The van der Waals surface area contributed by atoms with Gasteiger partial charge in [-0.2, -0.15) is 26.3 Å². The molecule has 3 rings (SSSR count). The van der Waals surface area contributed by atoms with Gasteiger partial charge in [0.1, 0.15) is 5.69 Å². The zero-order valence-corrected chi connectivity index (χ0v) is 16.8. The van der Waals surface area contributed by atoms with E-state index in [1.54, 1.807) is 0 Å². The lowest BCUT2D eigenvalue weighted by molar-refractivity contribution is -0.138. The fraction of sp³-hybridized carbons (Fsp3) is 0.278. The molecule has 0 aromatic carbocycles. The molecule has 0 bridgehead atoms. The molecule has 0 amide bonds. The van der Waals surface area contributed by atoms with Crippen molar-refractivity contribution in [1.82, 2.24) is 19.5 Å². The molecular weight excluding hydrogens is 450 g/mol. The van der Waals surface area contributed by atoms with E-state index in [4.69, 9.17) is 0 Å². The van der Waals surface area contributed by atoms with Crippen LogP contribution in [0.3, 0.4) is 0 Å². The van der Waals surface area contributed by atoms with Crippen molar-refractivity contribution in [2.45, 2.75) is 24.2 Å². The molecule has 0 fully saturated rings. The van der Waals surface area contributed by atoms with E-state index in [0.29, 0.717) is 18.5 Å². The molecule has 0 aliphatic carbocycles. The Kier molecular flexibility index (Phi) is 5.59. The van der Waals surface area contributed by atoms with Gasteiger partial charge in [0.15, 0.2) is 15.7 Å². The van der Waals surface area contributed by atoms with E-state index in [1.165, 1.54) is 18.5 Å². The Morgan fingerprint density at radius 2 is 1.52 bits per heavy atom. The van der Waals surface area contributed by atoms with Gasteiger partial charge in [-0.1, -0.05) is 6.92 Å². The van der Waals surface area contributed by atoms with E-state index in [0.717, 1.165) is 18.5 Å². The van der Waals surface area contributed by atoms with Crippen LogP contribution in [0.1, 0.15) is 18.1 Å². The highest BCUT2D eigenvalue weighted by Crippen LogP contribution is 2.36. The molecule has 0 atom stereocenters. The minimum absolute atomic E-state index is 0.0304. The van der Waals surface area contributed by atoms with E-state index >= 15 is 0 Å². The van der Waals surface area contributed by atoms with Crippen molar-refractivity contribution in [3.05, 3.63) is 48.0 Å². The Bertz CT molecular complexity index is 1230. The third kappa shape index (κ3) is 4.40. The fourth-order valence-electron chi connectivity index (χ4n) is 2.79. The first-order chi connectivity index (χ1) is 14.3. The van der Waals surface area contributed by atoms with Gasteiger partial charge >= 0.3 is 12.4 Å². The molecule has 3 aromatic heterocycles. The van der Waals surface area contributed by atoms with Crippen LogP contribution in [0.4, 0.5) is 26.3 Å². The summed E-state index contributed by atoms with van der Waals surface area (Å²) >= 11 is 0. The molecule has 0 saturated heterocycles. The minimum atomic E-state index is -4.82. The van der Waals surface area contributed by atoms with Crippen LogP contribution in [0.25, 0.3) is 22.8 Å². The fourth-order valence-corrected chi connectivity index (χ4v) is 3.85. The number of rotatable bonds is 4. The van der Waals surface area contributed by atoms with E-state index in [1.807, 2.05) is 0 Å². The summed E-state index contributed by atoms with van der Waals surface area (Å²) in [5.41, 5.74) is -2.43.